The fourth-order valence-electron chi connectivity index (χ4n) is 1.51. The number of hydrogen-bond donors (Lipinski definition) is 1. The standard InChI is InChI=1S/C12H19NO4/c1-9-4-6-11(17-9)13(2)8-10(14)5-7-12(15)16-3/h4,6,10,14H,5,7-8H2,1-3H3. The molecule has 1 unspecified atom stereocenters. The molecule has 1 atom stereocenters. The molecule has 0 fully saturated rings. The van der Waals surface area contributed by atoms with Crippen molar-refractivity contribution in [1.29, 1.82) is 0 Å². The third kappa shape index (κ3) is 4.48. The fraction of sp³-hybridized carbons (Fsp3) is 0.583. The van der Waals surface area contributed by atoms with E-state index in [0.717, 1.165) is 5.76 Å². The van der Waals surface area contributed by atoms with Crippen molar-refractivity contribution < 1.29 is 19.1 Å². The van der Waals surface area contributed by atoms with Gasteiger partial charge in [0.1, 0.15) is 5.76 Å². The van der Waals surface area contributed by atoms with E-state index in [4.69, 9.17) is 4.42 Å². The predicted octanol–water partition coefficient (Wildman–Crippen LogP) is 1.34. The minimum Gasteiger partial charge on any atom is -0.469 e. The lowest BCUT2D eigenvalue weighted by Crippen LogP contribution is -2.29. The highest BCUT2D eigenvalue weighted by atomic mass is 16.5. The number of nitrogens with zero attached hydrogens (tertiary/aromatic N) is 1. The van der Waals surface area contributed by atoms with E-state index in [0.29, 0.717) is 18.8 Å². The maximum absolute atomic E-state index is 10.9. The van der Waals surface area contributed by atoms with Gasteiger partial charge >= 0.3 is 5.97 Å². The van der Waals surface area contributed by atoms with Gasteiger partial charge in [0.2, 0.25) is 0 Å². The lowest BCUT2D eigenvalue weighted by atomic mass is 10.2. The second kappa shape index (κ2) is 6.30. The molecule has 5 heteroatoms. The van der Waals surface area contributed by atoms with E-state index in [1.165, 1.54) is 7.11 Å². The summed E-state index contributed by atoms with van der Waals surface area (Å²) in [5, 5.41) is 9.74. The highest BCUT2D eigenvalue weighted by molar-refractivity contribution is 5.69. The Morgan fingerprint density at radius 3 is 2.82 bits per heavy atom. The molecule has 0 spiro atoms. The molecule has 0 aliphatic carbocycles. The second-order valence-corrected chi connectivity index (χ2v) is 4.03. The normalized spacial score (nSPS) is 12.2. The number of methoxy groups -OCH3 is 1. The van der Waals surface area contributed by atoms with Crippen molar-refractivity contribution in [3.8, 4) is 0 Å². The van der Waals surface area contributed by atoms with Crippen LogP contribution in [0.4, 0.5) is 5.88 Å². The molecule has 17 heavy (non-hydrogen) atoms. The second-order valence-electron chi connectivity index (χ2n) is 4.03. The molecule has 0 aromatic carbocycles. The van der Waals surface area contributed by atoms with Crippen LogP contribution < -0.4 is 4.90 Å². The Hall–Kier alpha value is -1.49. The maximum Gasteiger partial charge on any atom is 0.305 e. The van der Waals surface area contributed by atoms with Crippen LogP contribution in [0.3, 0.4) is 0 Å². The highest BCUT2D eigenvalue weighted by Crippen LogP contribution is 2.17. The zero-order valence-electron chi connectivity index (χ0n) is 10.5. The van der Waals surface area contributed by atoms with Gasteiger partial charge in [0, 0.05) is 26.1 Å². The zero-order valence-corrected chi connectivity index (χ0v) is 10.5. The number of esters is 1. The van der Waals surface area contributed by atoms with E-state index in [9.17, 15) is 9.90 Å². The molecule has 96 valence electrons. The van der Waals surface area contributed by atoms with Crippen LogP contribution in [0.25, 0.3) is 0 Å². The van der Waals surface area contributed by atoms with Gasteiger partial charge in [0.15, 0.2) is 5.88 Å². The third-order valence-electron chi connectivity index (χ3n) is 2.50. The van der Waals surface area contributed by atoms with Crippen molar-refractivity contribution in [1.82, 2.24) is 0 Å². The fourth-order valence-corrected chi connectivity index (χ4v) is 1.51. The number of aryl methyl sites for hydroxylation is 1. The Morgan fingerprint density at radius 1 is 1.59 bits per heavy atom. The van der Waals surface area contributed by atoms with E-state index in [-0.39, 0.29) is 12.4 Å². The minimum atomic E-state index is -0.579. The molecule has 1 rings (SSSR count). The number of likely N-dealkylation sites (N-methyl/N-ethyl adjacent to an activating group) is 1. The summed E-state index contributed by atoms with van der Waals surface area (Å²) in [6, 6.07) is 3.72. The first kappa shape index (κ1) is 13.6. The lowest BCUT2D eigenvalue weighted by molar-refractivity contribution is -0.141. The predicted molar refractivity (Wildman–Crippen MR) is 64.0 cm³/mol. The Balaban J connectivity index is 2.35. The van der Waals surface area contributed by atoms with Gasteiger partial charge in [-0.1, -0.05) is 0 Å². The van der Waals surface area contributed by atoms with Crippen molar-refractivity contribution in [2.45, 2.75) is 25.9 Å². The Morgan fingerprint density at radius 2 is 2.29 bits per heavy atom. The summed E-state index contributed by atoms with van der Waals surface area (Å²) >= 11 is 0. The average molecular weight is 241 g/mol. The summed E-state index contributed by atoms with van der Waals surface area (Å²) in [5.74, 6) is 1.23. The third-order valence-corrected chi connectivity index (χ3v) is 2.50. The molecule has 0 aliphatic heterocycles. The number of carbonyl (C=O) groups excluding carboxylic acids is 1. The zero-order chi connectivity index (χ0) is 12.8. The topological polar surface area (TPSA) is 62.9 Å². The minimum absolute atomic E-state index is 0.225. The number of ether oxygens (including phenoxy) is 1. The van der Waals surface area contributed by atoms with E-state index in [1.807, 2.05) is 31.0 Å². The van der Waals surface area contributed by atoms with Crippen LogP contribution in [-0.2, 0) is 9.53 Å². The van der Waals surface area contributed by atoms with Crippen molar-refractivity contribution in [3.63, 3.8) is 0 Å². The number of aliphatic hydroxyl groups is 1. The van der Waals surface area contributed by atoms with Crippen LogP contribution in [-0.4, -0.2) is 37.9 Å². The molecular weight excluding hydrogens is 222 g/mol. The van der Waals surface area contributed by atoms with Gasteiger partial charge < -0.3 is 19.2 Å². The number of carbonyl (C=O) groups is 1. The van der Waals surface area contributed by atoms with Gasteiger partial charge in [0.05, 0.1) is 13.2 Å². The van der Waals surface area contributed by atoms with Gasteiger partial charge in [-0.3, -0.25) is 4.79 Å². The molecule has 1 heterocycles. The van der Waals surface area contributed by atoms with Crippen molar-refractivity contribution >= 4 is 11.9 Å². The van der Waals surface area contributed by atoms with Crippen LogP contribution >= 0.6 is 0 Å². The van der Waals surface area contributed by atoms with E-state index in [1.54, 1.807) is 0 Å². The van der Waals surface area contributed by atoms with Gasteiger partial charge in [-0.25, -0.2) is 0 Å². The van der Waals surface area contributed by atoms with Gasteiger partial charge in [0.25, 0.3) is 0 Å². The number of aliphatic hydroxyl groups excluding tert-OH is 1. The van der Waals surface area contributed by atoms with Gasteiger partial charge in [-0.05, 0) is 19.4 Å². The monoisotopic (exact) mass is 241 g/mol. The Kier molecular flexibility index (Phi) is 5.03. The van der Waals surface area contributed by atoms with Gasteiger partial charge in [-0.15, -0.1) is 0 Å². The lowest BCUT2D eigenvalue weighted by Gasteiger charge is -2.19. The van der Waals surface area contributed by atoms with E-state index >= 15 is 0 Å². The maximum atomic E-state index is 10.9. The summed E-state index contributed by atoms with van der Waals surface area (Å²) in [4.78, 5) is 12.7. The Bertz CT molecular complexity index is 361. The molecule has 0 bridgehead atoms. The largest absolute Gasteiger partial charge is 0.469 e. The van der Waals surface area contributed by atoms with Crippen molar-refractivity contribution in [2.75, 3.05) is 25.6 Å². The first-order chi connectivity index (χ1) is 8.02. The molecule has 0 amide bonds. The number of anilines is 1. The summed E-state index contributed by atoms with van der Waals surface area (Å²) < 4.78 is 9.93. The van der Waals surface area contributed by atoms with Crippen molar-refractivity contribution in [2.24, 2.45) is 0 Å². The van der Waals surface area contributed by atoms with Crippen LogP contribution in [0.15, 0.2) is 16.5 Å². The molecule has 0 aliphatic rings. The van der Waals surface area contributed by atoms with E-state index < -0.39 is 6.10 Å². The molecule has 1 N–H and O–H groups in total. The van der Waals surface area contributed by atoms with Crippen LogP contribution in [0, 0.1) is 6.92 Å². The highest BCUT2D eigenvalue weighted by Gasteiger charge is 2.13. The molecule has 0 saturated carbocycles. The Labute approximate surface area is 101 Å². The van der Waals surface area contributed by atoms with Crippen LogP contribution in [0.2, 0.25) is 0 Å². The van der Waals surface area contributed by atoms with Crippen LogP contribution in [0.1, 0.15) is 18.6 Å². The first-order valence-electron chi connectivity index (χ1n) is 5.55. The first-order valence-corrected chi connectivity index (χ1v) is 5.55. The molecular formula is C12H19NO4. The quantitative estimate of drug-likeness (QED) is 0.761. The van der Waals surface area contributed by atoms with Crippen molar-refractivity contribution in [3.05, 3.63) is 17.9 Å². The molecule has 1 aromatic rings. The summed E-state index contributed by atoms with van der Waals surface area (Å²) in [6.07, 6.45) is 0.0313. The smallest absolute Gasteiger partial charge is 0.305 e. The van der Waals surface area contributed by atoms with Crippen LogP contribution in [0.5, 0.6) is 0 Å². The SMILES string of the molecule is COC(=O)CCC(O)CN(C)c1ccc(C)o1. The summed E-state index contributed by atoms with van der Waals surface area (Å²) in [7, 11) is 3.17. The number of hydrogen-bond acceptors (Lipinski definition) is 5. The van der Waals surface area contributed by atoms with E-state index in [2.05, 4.69) is 4.74 Å². The average Bonchev–Trinajstić information content (AvgIpc) is 2.72. The van der Waals surface area contributed by atoms with Gasteiger partial charge in [-0.2, -0.15) is 0 Å². The number of furan rings is 1. The summed E-state index contributed by atoms with van der Waals surface area (Å²) in [6.45, 7) is 2.29. The summed E-state index contributed by atoms with van der Waals surface area (Å²) in [5.41, 5.74) is 0. The molecule has 0 radical (unpaired) electrons. The number of rotatable bonds is 6. The molecule has 1 aromatic heterocycles. The molecule has 0 saturated heterocycles. The molecule has 5 nitrogen and oxygen atoms in total.